The van der Waals surface area contributed by atoms with Crippen LogP contribution in [0, 0.1) is 0 Å². The van der Waals surface area contributed by atoms with E-state index in [0.29, 0.717) is 19.7 Å². The molecule has 3 aromatic rings. The van der Waals surface area contributed by atoms with E-state index < -0.39 is 0 Å². The first-order chi connectivity index (χ1) is 16.2. The van der Waals surface area contributed by atoms with Crippen molar-refractivity contribution in [1.82, 2.24) is 20.1 Å². The standard InChI is InChI=1S/C26H32N4O3/c1-33-17-7-12-27-24(31)19-29-13-15-30(16-14-29)25(20-8-3-2-4-9-20)26(32)22-18-28-23-11-6-5-10-21(22)23/h2-6,8-11,18,25,28H,7,12-17,19H2,1H3,(H,27,31)/t25-/m1/s1. The molecule has 33 heavy (non-hydrogen) atoms. The van der Waals surface area contributed by atoms with Gasteiger partial charge < -0.3 is 15.0 Å². The zero-order valence-corrected chi connectivity index (χ0v) is 19.1. The van der Waals surface area contributed by atoms with Gasteiger partial charge in [-0.2, -0.15) is 0 Å². The first-order valence-corrected chi connectivity index (χ1v) is 11.5. The molecule has 1 aromatic heterocycles. The lowest BCUT2D eigenvalue weighted by Gasteiger charge is -2.38. The van der Waals surface area contributed by atoms with Gasteiger partial charge in [0.1, 0.15) is 0 Å². The molecular formula is C26H32N4O3. The Labute approximate surface area is 194 Å². The van der Waals surface area contributed by atoms with Gasteiger partial charge in [-0.05, 0) is 18.1 Å². The Kier molecular flexibility index (Phi) is 7.88. The number of methoxy groups -OCH3 is 1. The fourth-order valence-corrected chi connectivity index (χ4v) is 4.47. The number of ketones is 1. The van der Waals surface area contributed by atoms with Crippen LogP contribution in [0.2, 0.25) is 0 Å². The quantitative estimate of drug-likeness (QED) is 0.368. The predicted octanol–water partition coefficient (Wildman–Crippen LogP) is 2.86. The van der Waals surface area contributed by atoms with Crippen LogP contribution < -0.4 is 5.32 Å². The topological polar surface area (TPSA) is 77.7 Å². The summed E-state index contributed by atoms with van der Waals surface area (Å²) in [4.78, 5) is 33.7. The molecule has 0 unspecified atom stereocenters. The molecule has 1 saturated heterocycles. The maximum Gasteiger partial charge on any atom is 0.234 e. The average molecular weight is 449 g/mol. The van der Waals surface area contributed by atoms with E-state index in [4.69, 9.17) is 4.74 Å². The van der Waals surface area contributed by atoms with E-state index in [0.717, 1.165) is 54.6 Å². The summed E-state index contributed by atoms with van der Waals surface area (Å²) in [6.45, 7) is 4.60. The number of H-pyrrole nitrogens is 1. The summed E-state index contributed by atoms with van der Waals surface area (Å²) in [6.07, 6.45) is 2.64. The number of nitrogens with one attached hydrogen (secondary N) is 2. The lowest BCUT2D eigenvalue weighted by molar-refractivity contribution is -0.122. The number of carbonyl (C=O) groups excluding carboxylic acids is 2. The van der Waals surface area contributed by atoms with Crippen molar-refractivity contribution in [3.05, 3.63) is 71.9 Å². The number of para-hydroxylation sites is 1. The molecule has 0 aliphatic carbocycles. The van der Waals surface area contributed by atoms with Crippen molar-refractivity contribution in [3.8, 4) is 0 Å². The number of benzene rings is 2. The van der Waals surface area contributed by atoms with E-state index in [1.807, 2.05) is 60.8 Å². The molecule has 4 rings (SSSR count). The Balaban J connectivity index is 1.44. The number of piperazine rings is 1. The van der Waals surface area contributed by atoms with Crippen molar-refractivity contribution in [2.45, 2.75) is 12.5 Å². The van der Waals surface area contributed by atoms with Crippen LogP contribution in [0.25, 0.3) is 10.9 Å². The Morgan fingerprint density at radius 1 is 1.03 bits per heavy atom. The maximum atomic E-state index is 13.8. The van der Waals surface area contributed by atoms with Crippen molar-refractivity contribution in [2.24, 2.45) is 0 Å². The van der Waals surface area contributed by atoms with Crippen LogP contribution in [0.4, 0.5) is 0 Å². The number of nitrogens with zero attached hydrogens (tertiary/aromatic N) is 2. The SMILES string of the molecule is COCCCNC(=O)CN1CCN([C@@H](C(=O)c2c[nH]c3ccccc23)c2ccccc2)CC1. The summed E-state index contributed by atoms with van der Waals surface area (Å²) in [7, 11) is 1.66. The molecule has 1 fully saturated rings. The third kappa shape index (κ3) is 5.68. The molecular weight excluding hydrogens is 416 g/mol. The number of ether oxygens (including phenoxy) is 1. The summed E-state index contributed by atoms with van der Waals surface area (Å²) in [5.74, 6) is 0.136. The Morgan fingerprint density at radius 3 is 2.52 bits per heavy atom. The normalized spacial score (nSPS) is 16.0. The summed E-state index contributed by atoms with van der Waals surface area (Å²) in [6, 6.07) is 17.5. The van der Waals surface area contributed by atoms with E-state index in [9.17, 15) is 9.59 Å². The Morgan fingerprint density at radius 2 is 1.76 bits per heavy atom. The van der Waals surface area contributed by atoms with Gasteiger partial charge in [0.05, 0.1) is 12.6 Å². The highest BCUT2D eigenvalue weighted by Crippen LogP contribution is 2.29. The molecule has 1 aliphatic rings. The molecule has 1 atom stereocenters. The minimum atomic E-state index is -0.351. The number of Topliss-reactive ketones (excluding diaryl/α,β-unsaturated/α-hetero) is 1. The minimum absolute atomic E-state index is 0.0361. The van der Waals surface area contributed by atoms with Gasteiger partial charge in [-0.3, -0.25) is 19.4 Å². The zero-order chi connectivity index (χ0) is 23.0. The van der Waals surface area contributed by atoms with Crippen molar-refractivity contribution in [1.29, 1.82) is 0 Å². The summed E-state index contributed by atoms with van der Waals surface area (Å²) < 4.78 is 5.02. The second-order valence-electron chi connectivity index (χ2n) is 8.43. The number of carbonyl (C=O) groups is 2. The van der Waals surface area contributed by atoms with Crippen LogP contribution in [-0.4, -0.2) is 79.5 Å². The predicted molar refractivity (Wildman–Crippen MR) is 129 cm³/mol. The number of aromatic nitrogens is 1. The fourth-order valence-electron chi connectivity index (χ4n) is 4.47. The van der Waals surface area contributed by atoms with E-state index in [2.05, 4.69) is 20.1 Å². The van der Waals surface area contributed by atoms with E-state index in [1.54, 1.807) is 7.11 Å². The molecule has 174 valence electrons. The highest BCUT2D eigenvalue weighted by Gasteiger charge is 2.32. The van der Waals surface area contributed by atoms with Gasteiger partial charge in [0.25, 0.3) is 0 Å². The second kappa shape index (κ2) is 11.2. The van der Waals surface area contributed by atoms with Gasteiger partial charge in [0.15, 0.2) is 5.78 Å². The molecule has 2 heterocycles. The molecule has 1 aliphatic heterocycles. The van der Waals surface area contributed by atoms with E-state index >= 15 is 0 Å². The third-order valence-corrected chi connectivity index (χ3v) is 6.21. The van der Waals surface area contributed by atoms with Gasteiger partial charge >= 0.3 is 0 Å². The Hall–Kier alpha value is -3.00. The van der Waals surface area contributed by atoms with Crippen molar-refractivity contribution in [2.75, 3.05) is 53.0 Å². The average Bonchev–Trinajstić information content (AvgIpc) is 3.28. The number of rotatable bonds is 10. The van der Waals surface area contributed by atoms with Crippen LogP contribution in [0.3, 0.4) is 0 Å². The summed E-state index contributed by atoms with van der Waals surface area (Å²) in [5, 5.41) is 3.90. The van der Waals surface area contributed by atoms with Gasteiger partial charge in [-0.25, -0.2) is 0 Å². The lowest BCUT2D eigenvalue weighted by Crippen LogP contribution is -2.51. The summed E-state index contributed by atoms with van der Waals surface area (Å²) in [5.41, 5.74) is 2.68. The zero-order valence-electron chi connectivity index (χ0n) is 19.1. The molecule has 0 radical (unpaired) electrons. The first kappa shape index (κ1) is 23.2. The van der Waals surface area contributed by atoms with Crippen molar-refractivity contribution < 1.29 is 14.3 Å². The van der Waals surface area contributed by atoms with Gasteiger partial charge in [0, 0.05) is 69.1 Å². The molecule has 0 bridgehead atoms. The minimum Gasteiger partial charge on any atom is -0.385 e. The molecule has 0 saturated carbocycles. The molecule has 7 heteroatoms. The number of amides is 1. The van der Waals surface area contributed by atoms with Crippen LogP contribution in [0.15, 0.2) is 60.8 Å². The molecule has 2 aromatic carbocycles. The summed E-state index contributed by atoms with van der Waals surface area (Å²) >= 11 is 0. The molecule has 1 amide bonds. The number of aromatic amines is 1. The highest BCUT2D eigenvalue weighted by atomic mass is 16.5. The van der Waals surface area contributed by atoms with E-state index in [-0.39, 0.29) is 17.7 Å². The van der Waals surface area contributed by atoms with Crippen LogP contribution in [0.1, 0.15) is 28.4 Å². The third-order valence-electron chi connectivity index (χ3n) is 6.21. The van der Waals surface area contributed by atoms with Gasteiger partial charge in [0.2, 0.25) is 5.91 Å². The van der Waals surface area contributed by atoms with Crippen LogP contribution in [0.5, 0.6) is 0 Å². The second-order valence-corrected chi connectivity index (χ2v) is 8.43. The van der Waals surface area contributed by atoms with Gasteiger partial charge in [-0.1, -0.05) is 48.5 Å². The maximum absolute atomic E-state index is 13.8. The highest BCUT2D eigenvalue weighted by molar-refractivity contribution is 6.10. The Bertz CT molecular complexity index is 1060. The largest absolute Gasteiger partial charge is 0.385 e. The van der Waals surface area contributed by atoms with Gasteiger partial charge in [-0.15, -0.1) is 0 Å². The monoisotopic (exact) mass is 448 g/mol. The molecule has 0 spiro atoms. The van der Waals surface area contributed by atoms with Crippen molar-refractivity contribution in [3.63, 3.8) is 0 Å². The van der Waals surface area contributed by atoms with E-state index in [1.165, 1.54) is 0 Å². The van der Waals surface area contributed by atoms with Crippen LogP contribution >= 0.6 is 0 Å². The molecule has 2 N–H and O–H groups in total. The lowest BCUT2D eigenvalue weighted by atomic mass is 9.95. The smallest absolute Gasteiger partial charge is 0.234 e. The number of fused-ring (bicyclic) bond motifs is 1. The van der Waals surface area contributed by atoms with Crippen LogP contribution in [-0.2, 0) is 9.53 Å². The molecule has 7 nitrogen and oxygen atoms in total. The fraction of sp³-hybridized carbons (Fsp3) is 0.385. The number of hydrogen-bond acceptors (Lipinski definition) is 5. The number of hydrogen-bond donors (Lipinski definition) is 2. The van der Waals surface area contributed by atoms with Crippen molar-refractivity contribution >= 4 is 22.6 Å². The first-order valence-electron chi connectivity index (χ1n) is 11.5.